The summed E-state index contributed by atoms with van der Waals surface area (Å²) in [6.07, 6.45) is 8.82. The molecule has 1 saturated heterocycles. The Kier molecular flexibility index (Phi) is 7.83. The fourth-order valence-corrected chi connectivity index (χ4v) is 5.82. The molecule has 0 radical (unpaired) electrons. The van der Waals surface area contributed by atoms with E-state index in [4.69, 9.17) is 4.74 Å². The van der Waals surface area contributed by atoms with Crippen LogP contribution in [0, 0.1) is 5.92 Å². The van der Waals surface area contributed by atoms with E-state index in [0.717, 1.165) is 32.1 Å². The Labute approximate surface area is 173 Å². The van der Waals surface area contributed by atoms with Gasteiger partial charge in [0.2, 0.25) is 0 Å². The number of thioether (sulfide) groups is 1. The van der Waals surface area contributed by atoms with Crippen molar-refractivity contribution in [2.24, 2.45) is 5.92 Å². The van der Waals surface area contributed by atoms with E-state index in [-0.39, 0.29) is 17.3 Å². The van der Waals surface area contributed by atoms with Crippen molar-refractivity contribution in [3.63, 3.8) is 0 Å². The second kappa shape index (κ2) is 10.3. The molecule has 1 aromatic carbocycles. The second-order valence-electron chi connectivity index (χ2n) is 7.92. The third kappa shape index (κ3) is 4.91. The van der Waals surface area contributed by atoms with Gasteiger partial charge >= 0.3 is 5.97 Å². The number of aryl methyl sites for hydroxylation is 1. The van der Waals surface area contributed by atoms with Crippen LogP contribution in [0.25, 0.3) is 0 Å². The molecule has 1 aromatic rings. The maximum absolute atomic E-state index is 13.4. The second-order valence-corrected chi connectivity index (χ2v) is 9.07. The molecule has 28 heavy (non-hydrogen) atoms. The van der Waals surface area contributed by atoms with Crippen LogP contribution in [0.1, 0.15) is 74.7 Å². The maximum Gasteiger partial charge on any atom is 0.329 e. The first-order chi connectivity index (χ1) is 13.7. The van der Waals surface area contributed by atoms with E-state index >= 15 is 0 Å². The van der Waals surface area contributed by atoms with E-state index in [1.54, 1.807) is 11.8 Å². The van der Waals surface area contributed by atoms with E-state index in [0.29, 0.717) is 23.8 Å². The molecule has 2 aliphatic rings. The lowest BCUT2D eigenvalue weighted by molar-refractivity contribution is -0.148. The average molecular weight is 404 g/mol. The molecule has 1 heterocycles. The van der Waals surface area contributed by atoms with Gasteiger partial charge in [0.25, 0.3) is 5.91 Å². The van der Waals surface area contributed by atoms with Crippen molar-refractivity contribution in [1.29, 1.82) is 0 Å². The summed E-state index contributed by atoms with van der Waals surface area (Å²) in [5.41, 5.74) is 1.89. The van der Waals surface area contributed by atoms with Crippen LogP contribution < -0.4 is 0 Å². The molecule has 0 unspecified atom stereocenters. The lowest BCUT2D eigenvalue weighted by Crippen LogP contribution is -2.48. The minimum Gasteiger partial charge on any atom is -0.464 e. The molecule has 5 heteroatoms. The third-order valence-electron chi connectivity index (χ3n) is 5.95. The Morgan fingerprint density at radius 1 is 1.11 bits per heavy atom. The standard InChI is InChI=1S/C23H33NO3S/c1-3-5-15-27-23(26)20-16-28-22(19-9-7-6-8-10-19)24(20)21(25)18-13-11-17(4-2)12-14-18/h11-14,19-20,22H,3-10,15-16H2,1-2H3/t20-,22+/m1/s1. The van der Waals surface area contributed by atoms with Crippen LogP contribution in [0.5, 0.6) is 0 Å². The zero-order valence-corrected chi connectivity index (χ0v) is 18.0. The maximum atomic E-state index is 13.4. The predicted octanol–water partition coefficient (Wildman–Crippen LogP) is 5.06. The summed E-state index contributed by atoms with van der Waals surface area (Å²) < 4.78 is 5.51. The van der Waals surface area contributed by atoms with Gasteiger partial charge in [-0.3, -0.25) is 4.79 Å². The summed E-state index contributed by atoms with van der Waals surface area (Å²) in [4.78, 5) is 28.1. The third-order valence-corrected chi connectivity index (χ3v) is 7.41. The van der Waals surface area contributed by atoms with Gasteiger partial charge in [0, 0.05) is 11.3 Å². The number of hydrogen-bond donors (Lipinski definition) is 0. The fourth-order valence-electron chi connectivity index (χ4n) is 4.19. The molecular formula is C23H33NO3S. The molecule has 1 aliphatic carbocycles. The van der Waals surface area contributed by atoms with E-state index in [9.17, 15) is 9.59 Å². The first-order valence-electron chi connectivity index (χ1n) is 10.9. The van der Waals surface area contributed by atoms with Gasteiger partial charge in [0.15, 0.2) is 0 Å². The molecule has 1 aliphatic heterocycles. The predicted molar refractivity (Wildman–Crippen MR) is 114 cm³/mol. The van der Waals surface area contributed by atoms with Crippen LogP contribution in [-0.2, 0) is 16.0 Å². The zero-order valence-electron chi connectivity index (χ0n) is 17.2. The molecule has 2 atom stereocenters. The highest BCUT2D eigenvalue weighted by Crippen LogP contribution is 2.41. The van der Waals surface area contributed by atoms with Crippen molar-refractivity contribution < 1.29 is 14.3 Å². The van der Waals surface area contributed by atoms with Crippen LogP contribution in [0.15, 0.2) is 24.3 Å². The number of carbonyl (C=O) groups is 2. The van der Waals surface area contributed by atoms with Crippen LogP contribution in [0.2, 0.25) is 0 Å². The van der Waals surface area contributed by atoms with Gasteiger partial charge in [-0.1, -0.05) is 51.7 Å². The van der Waals surface area contributed by atoms with Gasteiger partial charge in [0.05, 0.1) is 12.0 Å². The van der Waals surface area contributed by atoms with Crippen molar-refractivity contribution in [1.82, 2.24) is 4.90 Å². The number of rotatable bonds is 7. The Morgan fingerprint density at radius 3 is 2.46 bits per heavy atom. The molecule has 0 aromatic heterocycles. The zero-order chi connectivity index (χ0) is 19.9. The molecule has 4 nitrogen and oxygen atoms in total. The number of hydrogen-bond acceptors (Lipinski definition) is 4. The van der Waals surface area contributed by atoms with E-state index in [1.807, 2.05) is 29.2 Å². The summed E-state index contributed by atoms with van der Waals surface area (Å²) >= 11 is 1.77. The summed E-state index contributed by atoms with van der Waals surface area (Å²) in [5, 5.41) is 0.0855. The first-order valence-corrected chi connectivity index (χ1v) is 11.9. The quantitative estimate of drug-likeness (QED) is 0.472. The number of carbonyl (C=O) groups excluding carboxylic acids is 2. The van der Waals surface area contributed by atoms with Crippen LogP contribution >= 0.6 is 11.8 Å². The van der Waals surface area contributed by atoms with Crippen molar-refractivity contribution in [2.75, 3.05) is 12.4 Å². The lowest BCUT2D eigenvalue weighted by atomic mass is 9.88. The van der Waals surface area contributed by atoms with E-state index in [1.165, 1.54) is 24.8 Å². The SMILES string of the molecule is CCCCOC(=O)[C@H]1CS[C@@H](C2CCCCC2)N1C(=O)c1ccc(CC)cc1. The summed E-state index contributed by atoms with van der Waals surface area (Å²) in [7, 11) is 0. The first kappa shape index (κ1) is 21.2. The number of nitrogens with zero attached hydrogens (tertiary/aromatic N) is 1. The smallest absolute Gasteiger partial charge is 0.329 e. The highest BCUT2D eigenvalue weighted by molar-refractivity contribution is 8.00. The van der Waals surface area contributed by atoms with Gasteiger partial charge in [-0.25, -0.2) is 4.79 Å². The summed E-state index contributed by atoms with van der Waals surface area (Å²) in [5.74, 6) is 0.856. The molecular weight excluding hydrogens is 370 g/mol. The Balaban J connectivity index is 1.80. The van der Waals surface area contributed by atoms with Gasteiger partial charge in [-0.15, -0.1) is 11.8 Å². The summed E-state index contributed by atoms with van der Waals surface area (Å²) in [6.45, 7) is 4.63. The molecule has 0 spiro atoms. The van der Waals surface area contributed by atoms with Gasteiger partial charge in [-0.05, 0) is 49.3 Å². The Morgan fingerprint density at radius 2 is 1.82 bits per heavy atom. The highest BCUT2D eigenvalue weighted by atomic mass is 32.2. The van der Waals surface area contributed by atoms with Gasteiger partial charge in [0.1, 0.15) is 6.04 Å². The minimum absolute atomic E-state index is 0.0272. The highest BCUT2D eigenvalue weighted by Gasteiger charge is 2.45. The molecule has 3 rings (SSSR count). The monoisotopic (exact) mass is 403 g/mol. The van der Waals surface area contributed by atoms with Gasteiger partial charge < -0.3 is 9.64 Å². The molecule has 0 N–H and O–H groups in total. The van der Waals surface area contributed by atoms with Crippen molar-refractivity contribution >= 4 is 23.6 Å². The molecule has 1 saturated carbocycles. The molecule has 1 amide bonds. The van der Waals surface area contributed by atoms with E-state index in [2.05, 4.69) is 13.8 Å². The van der Waals surface area contributed by atoms with Crippen LogP contribution in [-0.4, -0.2) is 40.6 Å². The number of esters is 1. The average Bonchev–Trinajstić information content (AvgIpc) is 3.19. The Bertz CT molecular complexity index is 654. The topological polar surface area (TPSA) is 46.6 Å². The minimum atomic E-state index is -0.466. The van der Waals surface area contributed by atoms with E-state index < -0.39 is 6.04 Å². The van der Waals surface area contributed by atoms with Crippen molar-refractivity contribution in [3.05, 3.63) is 35.4 Å². The number of amides is 1. The molecule has 154 valence electrons. The normalized spacial score (nSPS) is 23.0. The van der Waals surface area contributed by atoms with Crippen molar-refractivity contribution in [2.45, 2.75) is 76.6 Å². The fraction of sp³-hybridized carbons (Fsp3) is 0.652. The van der Waals surface area contributed by atoms with Crippen LogP contribution in [0.4, 0.5) is 0 Å². The largest absolute Gasteiger partial charge is 0.464 e. The van der Waals surface area contributed by atoms with Crippen LogP contribution in [0.3, 0.4) is 0 Å². The molecule has 2 fully saturated rings. The number of ether oxygens (including phenoxy) is 1. The number of unbranched alkanes of at least 4 members (excludes halogenated alkanes) is 1. The lowest BCUT2D eigenvalue weighted by Gasteiger charge is -2.35. The summed E-state index contributed by atoms with van der Waals surface area (Å²) in [6, 6.07) is 7.37. The van der Waals surface area contributed by atoms with Gasteiger partial charge in [-0.2, -0.15) is 0 Å². The number of benzene rings is 1. The molecule has 0 bridgehead atoms. The Hall–Kier alpha value is -1.49. The van der Waals surface area contributed by atoms with Crippen molar-refractivity contribution in [3.8, 4) is 0 Å².